The first-order valence-corrected chi connectivity index (χ1v) is 11.4. The minimum Gasteiger partial charge on any atom is -0.333 e. The molecule has 2 heterocycles. The zero-order valence-corrected chi connectivity index (χ0v) is 18.7. The van der Waals surface area contributed by atoms with Crippen LogP contribution in [0.4, 0.5) is 0 Å². The van der Waals surface area contributed by atoms with E-state index in [0.717, 1.165) is 12.0 Å². The highest BCUT2D eigenvalue weighted by Crippen LogP contribution is 2.37. The third-order valence-electron chi connectivity index (χ3n) is 5.25. The molecule has 1 aromatic heterocycles. The van der Waals surface area contributed by atoms with E-state index in [1.165, 1.54) is 10.4 Å². The molecule has 5 heteroatoms. The van der Waals surface area contributed by atoms with Crippen LogP contribution in [0.5, 0.6) is 0 Å². The van der Waals surface area contributed by atoms with Gasteiger partial charge in [0.2, 0.25) is 11.8 Å². The van der Waals surface area contributed by atoms with Crippen LogP contribution in [-0.2, 0) is 16.0 Å². The Morgan fingerprint density at radius 3 is 2.48 bits per heavy atom. The summed E-state index contributed by atoms with van der Waals surface area (Å²) in [5, 5.41) is 2.12. The van der Waals surface area contributed by atoms with Crippen molar-refractivity contribution in [2.45, 2.75) is 46.6 Å². The van der Waals surface area contributed by atoms with Gasteiger partial charge in [-0.3, -0.25) is 9.59 Å². The number of thiophene rings is 1. The van der Waals surface area contributed by atoms with E-state index in [4.69, 9.17) is 0 Å². The van der Waals surface area contributed by atoms with Crippen molar-refractivity contribution in [3.63, 3.8) is 0 Å². The largest absolute Gasteiger partial charge is 0.333 e. The van der Waals surface area contributed by atoms with E-state index in [2.05, 4.69) is 37.4 Å². The smallest absolute Gasteiger partial charge is 0.242 e. The Bertz CT molecular complexity index is 828. The van der Waals surface area contributed by atoms with Gasteiger partial charge in [-0.25, -0.2) is 0 Å². The number of fused-ring (bicyclic) bond motifs is 1. The molecule has 156 valence electrons. The summed E-state index contributed by atoms with van der Waals surface area (Å²) in [6.07, 6.45) is 1.36. The molecule has 0 spiro atoms. The van der Waals surface area contributed by atoms with Crippen LogP contribution in [0.3, 0.4) is 0 Å². The van der Waals surface area contributed by atoms with Crippen molar-refractivity contribution in [3.05, 3.63) is 57.8 Å². The molecule has 0 fully saturated rings. The summed E-state index contributed by atoms with van der Waals surface area (Å²) in [7, 11) is 0. The van der Waals surface area contributed by atoms with Gasteiger partial charge in [0.1, 0.15) is 0 Å². The highest BCUT2D eigenvalue weighted by Gasteiger charge is 2.34. The minimum atomic E-state index is -0.0696. The monoisotopic (exact) mass is 412 g/mol. The molecule has 2 amide bonds. The highest BCUT2D eigenvalue weighted by atomic mass is 32.1. The molecule has 0 saturated carbocycles. The Morgan fingerprint density at radius 2 is 1.83 bits per heavy atom. The van der Waals surface area contributed by atoms with Crippen molar-refractivity contribution >= 4 is 23.2 Å². The molecule has 0 radical (unpaired) electrons. The van der Waals surface area contributed by atoms with Crippen molar-refractivity contribution in [2.24, 2.45) is 11.8 Å². The van der Waals surface area contributed by atoms with E-state index in [1.54, 1.807) is 16.2 Å². The predicted molar refractivity (Wildman–Crippen MR) is 119 cm³/mol. The topological polar surface area (TPSA) is 40.6 Å². The summed E-state index contributed by atoms with van der Waals surface area (Å²) in [4.78, 5) is 31.3. The van der Waals surface area contributed by atoms with Gasteiger partial charge in [-0.05, 0) is 40.8 Å². The van der Waals surface area contributed by atoms with Crippen molar-refractivity contribution < 1.29 is 9.59 Å². The first-order valence-electron chi connectivity index (χ1n) is 10.5. The molecule has 0 saturated heterocycles. The lowest BCUT2D eigenvalue weighted by Gasteiger charge is -2.38. The van der Waals surface area contributed by atoms with E-state index in [9.17, 15) is 9.59 Å². The van der Waals surface area contributed by atoms with Crippen LogP contribution in [0.15, 0.2) is 41.8 Å². The summed E-state index contributed by atoms with van der Waals surface area (Å²) < 4.78 is 0. The van der Waals surface area contributed by atoms with Crippen LogP contribution in [-0.4, -0.2) is 41.2 Å². The number of carbonyl (C=O) groups is 2. The Balaban J connectivity index is 1.84. The SMILES string of the molecule is CC(C)CC(=O)N(CC(=O)N1CCc2sccc2C1c1ccccc1)CC(C)C. The molecular formula is C24H32N2O2S. The first kappa shape index (κ1) is 21.6. The minimum absolute atomic E-state index is 0.0356. The van der Waals surface area contributed by atoms with E-state index in [1.807, 2.05) is 36.9 Å². The zero-order valence-electron chi connectivity index (χ0n) is 17.9. The average Bonchev–Trinajstić information content (AvgIpc) is 3.15. The van der Waals surface area contributed by atoms with E-state index in [0.29, 0.717) is 25.4 Å². The second-order valence-electron chi connectivity index (χ2n) is 8.72. The molecule has 1 aliphatic rings. The summed E-state index contributed by atoms with van der Waals surface area (Å²) in [6, 6.07) is 12.3. The standard InChI is InChI=1S/C24H32N2O2S/c1-17(2)14-22(27)25(15-18(3)4)16-23(28)26-12-10-21-20(11-13-29-21)24(26)19-8-6-5-7-9-19/h5-9,11,13,17-18,24H,10,12,14-16H2,1-4H3. The Labute approximate surface area is 178 Å². The quantitative estimate of drug-likeness (QED) is 0.658. The number of carbonyl (C=O) groups excluding carboxylic acids is 2. The summed E-state index contributed by atoms with van der Waals surface area (Å²) in [5.41, 5.74) is 2.36. The second kappa shape index (κ2) is 9.57. The van der Waals surface area contributed by atoms with E-state index in [-0.39, 0.29) is 30.3 Å². The number of hydrogen-bond donors (Lipinski definition) is 0. The van der Waals surface area contributed by atoms with Crippen molar-refractivity contribution in [1.82, 2.24) is 9.80 Å². The van der Waals surface area contributed by atoms with Gasteiger partial charge in [-0.2, -0.15) is 0 Å². The first-order chi connectivity index (χ1) is 13.9. The Kier molecular flexibility index (Phi) is 7.12. The fourth-order valence-electron chi connectivity index (χ4n) is 4.01. The number of amides is 2. The maximum atomic E-state index is 13.4. The maximum absolute atomic E-state index is 13.4. The summed E-state index contributed by atoms with van der Waals surface area (Å²) in [6.45, 7) is 9.73. The lowest BCUT2D eigenvalue weighted by molar-refractivity contribution is -0.142. The van der Waals surface area contributed by atoms with Gasteiger partial charge in [0.05, 0.1) is 12.6 Å². The van der Waals surface area contributed by atoms with Gasteiger partial charge in [0, 0.05) is 24.4 Å². The fourth-order valence-corrected chi connectivity index (χ4v) is 4.91. The molecule has 4 nitrogen and oxygen atoms in total. The molecule has 0 bridgehead atoms. The second-order valence-corrected chi connectivity index (χ2v) is 9.72. The third-order valence-corrected chi connectivity index (χ3v) is 6.25. The average molecular weight is 413 g/mol. The third kappa shape index (κ3) is 5.27. The van der Waals surface area contributed by atoms with Crippen molar-refractivity contribution in [3.8, 4) is 0 Å². The summed E-state index contributed by atoms with van der Waals surface area (Å²) >= 11 is 1.77. The van der Waals surface area contributed by atoms with Gasteiger partial charge in [0.25, 0.3) is 0 Å². The molecule has 1 aliphatic heterocycles. The van der Waals surface area contributed by atoms with Gasteiger partial charge in [-0.15, -0.1) is 11.3 Å². The number of nitrogens with zero attached hydrogens (tertiary/aromatic N) is 2. The molecule has 0 N–H and O–H groups in total. The maximum Gasteiger partial charge on any atom is 0.242 e. The molecule has 1 unspecified atom stereocenters. The van der Waals surface area contributed by atoms with Crippen LogP contribution in [0.1, 0.15) is 56.2 Å². The van der Waals surface area contributed by atoms with E-state index >= 15 is 0 Å². The van der Waals surface area contributed by atoms with Crippen LogP contribution >= 0.6 is 11.3 Å². The number of rotatable bonds is 7. The predicted octanol–water partition coefficient (Wildman–Crippen LogP) is 4.75. The van der Waals surface area contributed by atoms with Crippen molar-refractivity contribution in [2.75, 3.05) is 19.6 Å². The van der Waals surface area contributed by atoms with Gasteiger partial charge >= 0.3 is 0 Å². The lowest BCUT2D eigenvalue weighted by Crippen LogP contribution is -2.47. The Hall–Kier alpha value is -2.14. The normalized spacial score (nSPS) is 16.2. The molecule has 3 rings (SSSR count). The molecule has 2 aromatic rings. The van der Waals surface area contributed by atoms with Gasteiger partial charge in [0.15, 0.2) is 0 Å². The molecule has 0 aliphatic carbocycles. The molecule has 1 atom stereocenters. The fraction of sp³-hybridized carbons (Fsp3) is 0.500. The van der Waals surface area contributed by atoms with Gasteiger partial charge in [-0.1, -0.05) is 58.0 Å². The Morgan fingerprint density at radius 1 is 1.10 bits per heavy atom. The van der Waals surface area contributed by atoms with Crippen LogP contribution in [0.2, 0.25) is 0 Å². The molecular weight excluding hydrogens is 380 g/mol. The molecule has 29 heavy (non-hydrogen) atoms. The van der Waals surface area contributed by atoms with Crippen LogP contribution in [0, 0.1) is 11.8 Å². The van der Waals surface area contributed by atoms with Gasteiger partial charge < -0.3 is 9.80 Å². The van der Waals surface area contributed by atoms with E-state index < -0.39 is 0 Å². The highest BCUT2D eigenvalue weighted by molar-refractivity contribution is 7.10. The lowest BCUT2D eigenvalue weighted by atomic mass is 9.93. The number of benzene rings is 1. The van der Waals surface area contributed by atoms with Crippen molar-refractivity contribution in [1.29, 1.82) is 0 Å². The van der Waals surface area contributed by atoms with Crippen LogP contribution < -0.4 is 0 Å². The zero-order chi connectivity index (χ0) is 21.0. The molecule has 1 aromatic carbocycles. The number of hydrogen-bond acceptors (Lipinski definition) is 3. The summed E-state index contributed by atoms with van der Waals surface area (Å²) in [5.74, 6) is 0.723. The van der Waals surface area contributed by atoms with Crippen LogP contribution in [0.25, 0.3) is 0 Å².